The number of allylic oxidation sites excluding steroid dienone is 3. The molecule has 17 heavy (non-hydrogen) atoms. The Balaban J connectivity index is 4.90. The fourth-order valence-electron chi connectivity index (χ4n) is 2.36. The zero-order valence-corrected chi connectivity index (χ0v) is 11.7. The minimum Gasteiger partial charge on any atom is -0.550 e. The van der Waals surface area contributed by atoms with E-state index >= 15 is 0 Å². The molecular formula is C15H25O2-. The number of rotatable bonds is 7. The van der Waals surface area contributed by atoms with Crippen molar-refractivity contribution >= 4 is 5.97 Å². The van der Waals surface area contributed by atoms with Crippen molar-refractivity contribution in [1.82, 2.24) is 0 Å². The number of carbonyl (C=O) groups is 1. The van der Waals surface area contributed by atoms with E-state index in [2.05, 4.69) is 12.7 Å². The molecular weight excluding hydrogens is 212 g/mol. The van der Waals surface area contributed by atoms with Crippen LogP contribution >= 0.6 is 0 Å². The number of carbonyl (C=O) groups excluding carboxylic acids is 1. The zero-order valence-electron chi connectivity index (χ0n) is 11.7. The molecule has 0 aromatic rings. The molecule has 0 rings (SSSR count). The highest BCUT2D eigenvalue weighted by atomic mass is 16.4. The van der Waals surface area contributed by atoms with Crippen LogP contribution in [-0.4, -0.2) is 5.97 Å². The Bertz CT molecular complexity index is 298. The molecule has 0 fully saturated rings. The zero-order chi connectivity index (χ0) is 13.6. The van der Waals surface area contributed by atoms with E-state index in [0.717, 1.165) is 12.8 Å². The summed E-state index contributed by atoms with van der Waals surface area (Å²) in [6, 6.07) is 0. The van der Waals surface area contributed by atoms with E-state index in [1.165, 1.54) is 5.57 Å². The maximum absolute atomic E-state index is 11.3. The molecule has 0 bridgehead atoms. The molecule has 2 nitrogen and oxygen atoms in total. The number of carboxylic acid groups (broad SMARTS) is 1. The average molecular weight is 237 g/mol. The van der Waals surface area contributed by atoms with Gasteiger partial charge in [-0.25, -0.2) is 0 Å². The van der Waals surface area contributed by atoms with Gasteiger partial charge in [0.15, 0.2) is 0 Å². The Kier molecular flexibility index (Phi) is 6.22. The minimum atomic E-state index is -0.973. The second-order valence-corrected chi connectivity index (χ2v) is 5.57. The van der Waals surface area contributed by atoms with Crippen LogP contribution in [0, 0.1) is 17.3 Å². The topological polar surface area (TPSA) is 40.1 Å². The molecule has 0 amide bonds. The summed E-state index contributed by atoms with van der Waals surface area (Å²) < 4.78 is 0. The number of aliphatic carboxylic acids is 1. The highest BCUT2D eigenvalue weighted by molar-refractivity contribution is 5.69. The molecule has 0 aromatic heterocycles. The lowest BCUT2D eigenvalue weighted by Gasteiger charge is -2.38. The van der Waals surface area contributed by atoms with Crippen molar-refractivity contribution in [3.05, 3.63) is 24.3 Å². The normalized spacial score (nSPS) is 16.1. The van der Waals surface area contributed by atoms with Gasteiger partial charge in [0, 0.05) is 11.9 Å². The van der Waals surface area contributed by atoms with E-state index in [1.54, 1.807) is 6.08 Å². The standard InChI is InChI=1S/C15H26O2/c1-7-15(6,10-8-9-11(2)3)13(12(4)5)14(16)17/h7,9,12-13H,1,8,10H2,2-6H3,(H,16,17)/p-1. The van der Waals surface area contributed by atoms with E-state index in [4.69, 9.17) is 0 Å². The van der Waals surface area contributed by atoms with Gasteiger partial charge in [-0.05, 0) is 38.0 Å². The first-order valence-corrected chi connectivity index (χ1v) is 6.22. The molecule has 0 N–H and O–H groups in total. The summed E-state index contributed by atoms with van der Waals surface area (Å²) in [4.78, 5) is 11.3. The summed E-state index contributed by atoms with van der Waals surface area (Å²) >= 11 is 0. The van der Waals surface area contributed by atoms with Crippen molar-refractivity contribution in [2.45, 2.75) is 47.5 Å². The average Bonchev–Trinajstić information content (AvgIpc) is 2.15. The molecule has 0 heterocycles. The third-order valence-corrected chi connectivity index (χ3v) is 3.33. The van der Waals surface area contributed by atoms with Crippen LogP contribution in [0.4, 0.5) is 0 Å². The molecule has 0 aliphatic heterocycles. The summed E-state index contributed by atoms with van der Waals surface area (Å²) in [5, 5.41) is 11.3. The van der Waals surface area contributed by atoms with Gasteiger partial charge in [0.2, 0.25) is 0 Å². The SMILES string of the molecule is C=CC(C)(CCC=C(C)C)C(C(=O)[O-])C(C)C. The van der Waals surface area contributed by atoms with Crippen LogP contribution in [0.1, 0.15) is 47.5 Å². The maximum Gasteiger partial charge on any atom is 0.0456 e. The predicted molar refractivity (Wildman–Crippen MR) is 70.3 cm³/mol. The maximum atomic E-state index is 11.3. The molecule has 2 heteroatoms. The molecule has 0 aromatic carbocycles. The molecule has 2 unspecified atom stereocenters. The summed E-state index contributed by atoms with van der Waals surface area (Å²) in [6.07, 6.45) is 5.57. The van der Waals surface area contributed by atoms with Gasteiger partial charge in [0.1, 0.15) is 0 Å². The second-order valence-electron chi connectivity index (χ2n) is 5.57. The van der Waals surface area contributed by atoms with Crippen molar-refractivity contribution in [1.29, 1.82) is 0 Å². The van der Waals surface area contributed by atoms with Gasteiger partial charge >= 0.3 is 0 Å². The monoisotopic (exact) mass is 237 g/mol. The van der Waals surface area contributed by atoms with Crippen LogP contribution in [0.3, 0.4) is 0 Å². The molecule has 0 saturated heterocycles. The van der Waals surface area contributed by atoms with Crippen LogP contribution < -0.4 is 5.11 Å². The molecule has 0 saturated carbocycles. The molecule has 98 valence electrons. The van der Waals surface area contributed by atoms with Gasteiger partial charge in [-0.15, -0.1) is 6.58 Å². The molecule has 0 spiro atoms. The van der Waals surface area contributed by atoms with E-state index in [1.807, 2.05) is 34.6 Å². The number of hydrogen-bond acceptors (Lipinski definition) is 2. The fraction of sp³-hybridized carbons (Fsp3) is 0.667. The summed E-state index contributed by atoms with van der Waals surface area (Å²) in [6.45, 7) is 13.7. The predicted octanol–water partition coefficient (Wildman–Crippen LogP) is 2.95. The Hall–Kier alpha value is -1.05. The van der Waals surface area contributed by atoms with E-state index < -0.39 is 17.3 Å². The molecule has 2 atom stereocenters. The Morgan fingerprint density at radius 3 is 2.24 bits per heavy atom. The van der Waals surface area contributed by atoms with Crippen molar-refractivity contribution in [3.8, 4) is 0 Å². The highest BCUT2D eigenvalue weighted by Crippen LogP contribution is 2.38. The van der Waals surface area contributed by atoms with Crippen molar-refractivity contribution in [2.24, 2.45) is 17.3 Å². The van der Waals surface area contributed by atoms with Gasteiger partial charge in [-0.1, -0.05) is 38.5 Å². The Labute approximate surface area is 105 Å². The van der Waals surface area contributed by atoms with Crippen molar-refractivity contribution in [3.63, 3.8) is 0 Å². The van der Waals surface area contributed by atoms with Gasteiger partial charge in [0.05, 0.1) is 0 Å². The Morgan fingerprint density at radius 2 is 1.94 bits per heavy atom. The Morgan fingerprint density at radius 1 is 1.41 bits per heavy atom. The summed E-state index contributed by atoms with van der Waals surface area (Å²) in [5.74, 6) is -1.40. The number of carboxylic acids is 1. The summed E-state index contributed by atoms with van der Waals surface area (Å²) in [7, 11) is 0. The first-order valence-electron chi connectivity index (χ1n) is 6.22. The third-order valence-electron chi connectivity index (χ3n) is 3.33. The van der Waals surface area contributed by atoms with E-state index in [0.29, 0.717) is 0 Å². The van der Waals surface area contributed by atoms with Gasteiger partial charge < -0.3 is 9.90 Å². The lowest BCUT2D eigenvalue weighted by atomic mass is 9.69. The van der Waals surface area contributed by atoms with Gasteiger partial charge in [0.25, 0.3) is 0 Å². The third kappa shape index (κ3) is 4.76. The quantitative estimate of drug-likeness (QED) is 0.639. The van der Waals surface area contributed by atoms with Crippen LogP contribution in [-0.2, 0) is 4.79 Å². The van der Waals surface area contributed by atoms with Crippen molar-refractivity contribution < 1.29 is 9.90 Å². The first kappa shape index (κ1) is 16.0. The van der Waals surface area contributed by atoms with Gasteiger partial charge in [-0.3, -0.25) is 0 Å². The number of hydrogen-bond donors (Lipinski definition) is 0. The van der Waals surface area contributed by atoms with Crippen LogP contribution in [0.15, 0.2) is 24.3 Å². The van der Waals surface area contributed by atoms with E-state index in [-0.39, 0.29) is 5.92 Å². The minimum absolute atomic E-state index is 0.0507. The van der Waals surface area contributed by atoms with Crippen LogP contribution in [0.5, 0.6) is 0 Å². The van der Waals surface area contributed by atoms with Crippen molar-refractivity contribution in [2.75, 3.05) is 0 Å². The fourth-order valence-corrected chi connectivity index (χ4v) is 2.36. The van der Waals surface area contributed by atoms with E-state index in [9.17, 15) is 9.90 Å². The lowest BCUT2D eigenvalue weighted by Crippen LogP contribution is -2.43. The molecule has 0 radical (unpaired) electrons. The largest absolute Gasteiger partial charge is 0.550 e. The smallest absolute Gasteiger partial charge is 0.0456 e. The van der Waals surface area contributed by atoms with Crippen LogP contribution in [0.25, 0.3) is 0 Å². The molecule has 0 aliphatic rings. The molecule has 0 aliphatic carbocycles. The van der Waals surface area contributed by atoms with Crippen LogP contribution in [0.2, 0.25) is 0 Å². The second kappa shape index (κ2) is 6.63. The lowest BCUT2D eigenvalue weighted by molar-refractivity contribution is -0.316. The van der Waals surface area contributed by atoms with Gasteiger partial charge in [-0.2, -0.15) is 0 Å². The first-order chi connectivity index (χ1) is 7.74. The summed E-state index contributed by atoms with van der Waals surface area (Å²) in [5.41, 5.74) is 0.852. The highest BCUT2D eigenvalue weighted by Gasteiger charge is 2.33.